The van der Waals surface area contributed by atoms with E-state index < -0.39 is 5.92 Å². The maximum atomic E-state index is 12.0. The first-order valence-electron chi connectivity index (χ1n) is 6.25. The van der Waals surface area contributed by atoms with Gasteiger partial charge in [-0.1, -0.05) is 0 Å². The van der Waals surface area contributed by atoms with Crippen molar-refractivity contribution < 1.29 is 9.53 Å². The molecule has 0 saturated carbocycles. The van der Waals surface area contributed by atoms with E-state index in [0.29, 0.717) is 6.42 Å². The van der Waals surface area contributed by atoms with Crippen LogP contribution in [-0.4, -0.2) is 23.5 Å². The number of nitriles is 1. The summed E-state index contributed by atoms with van der Waals surface area (Å²) in [4.78, 5) is 15.9. The summed E-state index contributed by atoms with van der Waals surface area (Å²) in [7, 11) is 0. The average molecular weight is 244 g/mol. The molecule has 2 heterocycles. The highest BCUT2D eigenvalue weighted by atomic mass is 16.5. The van der Waals surface area contributed by atoms with E-state index in [1.165, 1.54) is 0 Å². The van der Waals surface area contributed by atoms with Gasteiger partial charge in [-0.05, 0) is 37.0 Å². The lowest BCUT2D eigenvalue weighted by Crippen LogP contribution is -2.14. The molecule has 4 nitrogen and oxygen atoms in total. The second-order valence-corrected chi connectivity index (χ2v) is 4.48. The molecule has 1 saturated heterocycles. The van der Waals surface area contributed by atoms with Gasteiger partial charge in [0.1, 0.15) is 5.92 Å². The van der Waals surface area contributed by atoms with Gasteiger partial charge in [-0.2, -0.15) is 5.26 Å². The fraction of sp³-hybridized carbons (Fsp3) is 0.500. The van der Waals surface area contributed by atoms with Crippen LogP contribution in [-0.2, 0) is 9.53 Å². The molecule has 2 rings (SSSR count). The van der Waals surface area contributed by atoms with Crippen LogP contribution in [0.2, 0.25) is 0 Å². The fourth-order valence-electron chi connectivity index (χ4n) is 2.21. The van der Waals surface area contributed by atoms with E-state index in [-0.39, 0.29) is 11.9 Å². The van der Waals surface area contributed by atoms with Crippen molar-refractivity contribution in [1.82, 2.24) is 4.98 Å². The molecular formula is C14H16N2O2. The Morgan fingerprint density at radius 3 is 2.94 bits per heavy atom. The predicted octanol–water partition coefficient (Wildman–Crippen LogP) is 2.22. The second-order valence-electron chi connectivity index (χ2n) is 4.48. The normalized spacial score (nSPS) is 20.3. The van der Waals surface area contributed by atoms with Crippen LogP contribution in [0.5, 0.6) is 0 Å². The molecule has 1 aromatic heterocycles. The summed E-state index contributed by atoms with van der Waals surface area (Å²) in [6.45, 7) is 0.797. The maximum absolute atomic E-state index is 12.0. The summed E-state index contributed by atoms with van der Waals surface area (Å²) < 4.78 is 5.48. The maximum Gasteiger partial charge on any atom is 0.154 e. The van der Waals surface area contributed by atoms with Gasteiger partial charge in [-0.15, -0.1) is 0 Å². The van der Waals surface area contributed by atoms with Gasteiger partial charge in [-0.3, -0.25) is 9.78 Å². The molecule has 0 bridgehead atoms. The molecule has 0 N–H and O–H groups in total. The van der Waals surface area contributed by atoms with Gasteiger partial charge < -0.3 is 4.74 Å². The van der Waals surface area contributed by atoms with Gasteiger partial charge in [-0.25, -0.2) is 0 Å². The van der Waals surface area contributed by atoms with Crippen LogP contribution in [0.1, 0.15) is 37.2 Å². The second kappa shape index (κ2) is 6.27. The Kier molecular flexibility index (Phi) is 4.43. The van der Waals surface area contributed by atoms with Crippen molar-refractivity contribution in [2.24, 2.45) is 0 Å². The number of rotatable bonds is 5. The number of hydrogen-bond donors (Lipinski definition) is 0. The number of nitrogens with zero attached hydrogens (tertiary/aromatic N) is 2. The van der Waals surface area contributed by atoms with Crippen molar-refractivity contribution in [3.8, 4) is 6.07 Å². The van der Waals surface area contributed by atoms with Crippen LogP contribution >= 0.6 is 0 Å². The number of ketones is 1. The molecule has 1 fully saturated rings. The van der Waals surface area contributed by atoms with Crippen LogP contribution in [0.3, 0.4) is 0 Å². The molecule has 4 heteroatoms. The summed E-state index contributed by atoms with van der Waals surface area (Å²) >= 11 is 0. The standard InChI is InChI=1S/C14H16N2O2/c15-10-13(11-5-7-16-8-6-11)14(17)4-3-12-2-1-9-18-12/h5-8,12-13H,1-4,9H2. The Morgan fingerprint density at radius 1 is 1.56 bits per heavy atom. The van der Waals surface area contributed by atoms with E-state index in [0.717, 1.165) is 31.4 Å². The van der Waals surface area contributed by atoms with Crippen LogP contribution in [0, 0.1) is 11.3 Å². The van der Waals surface area contributed by atoms with Gasteiger partial charge >= 0.3 is 0 Å². The zero-order chi connectivity index (χ0) is 12.8. The van der Waals surface area contributed by atoms with E-state index in [4.69, 9.17) is 10.00 Å². The molecule has 18 heavy (non-hydrogen) atoms. The van der Waals surface area contributed by atoms with Crippen LogP contribution in [0.15, 0.2) is 24.5 Å². The summed E-state index contributed by atoms with van der Waals surface area (Å²) in [6, 6.07) is 5.52. The third kappa shape index (κ3) is 3.14. The zero-order valence-corrected chi connectivity index (χ0v) is 10.2. The number of aromatic nitrogens is 1. The summed E-state index contributed by atoms with van der Waals surface area (Å²) in [5.74, 6) is -0.700. The Morgan fingerprint density at radius 2 is 2.33 bits per heavy atom. The van der Waals surface area contributed by atoms with Crippen LogP contribution < -0.4 is 0 Å². The van der Waals surface area contributed by atoms with E-state index >= 15 is 0 Å². The highest BCUT2D eigenvalue weighted by Crippen LogP contribution is 2.21. The first kappa shape index (κ1) is 12.7. The predicted molar refractivity (Wildman–Crippen MR) is 65.8 cm³/mol. The summed E-state index contributed by atoms with van der Waals surface area (Å²) in [5, 5.41) is 9.12. The smallest absolute Gasteiger partial charge is 0.154 e. The summed E-state index contributed by atoms with van der Waals surface area (Å²) in [6.07, 6.45) is 6.64. The molecule has 1 aliphatic heterocycles. The molecule has 0 aromatic carbocycles. The minimum Gasteiger partial charge on any atom is -0.378 e. The molecule has 0 radical (unpaired) electrons. The lowest BCUT2D eigenvalue weighted by atomic mass is 9.93. The van der Waals surface area contributed by atoms with Crippen molar-refractivity contribution in [2.45, 2.75) is 37.7 Å². The molecule has 0 aliphatic carbocycles. The molecule has 1 aliphatic rings. The Balaban J connectivity index is 1.92. The topological polar surface area (TPSA) is 63.0 Å². The van der Waals surface area contributed by atoms with E-state index in [2.05, 4.69) is 11.1 Å². The van der Waals surface area contributed by atoms with Gasteiger partial charge in [0.05, 0.1) is 12.2 Å². The number of carbonyl (C=O) groups is 1. The van der Waals surface area contributed by atoms with E-state index in [1.54, 1.807) is 24.5 Å². The molecular weight excluding hydrogens is 228 g/mol. The molecule has 94 valence electrons. The van der Waals surface area contributed by atoms with E-state index in [9.17, 15) is 4.79 Å². The highest BCUT2D eigenvalue weighted by molar-refractivity contribution is 5.88. The lowest BCUT2D eigenvalue weighted by Gasteiger charge is -2.11. The first-order valence-corrected chi connectivity index (χ1v) is 6.25. The molecule has 1 aromatic rings. The number of carbonyl (C=O) groups excluding carboxylic acids is 1. The van der Waals surface area contributed by atoms with Crippen molar-refractivity contribution in [3.63, 3.8) is 0 Å². The van der Waals surface area contributed by atoms with E-state index in [1.807, 2.05) is 0 Å². The Hall–Kier alpha value is -1.73. The quantitative estimate of drug-likeness (QED) is 0.796. The van der Waals surface area contributed by atoms with Gasteiger partial charge in [0.2, 0.25) is 0 Å². The monoisotopic (exact) mass is 244 g/mol. The molecule has 2 unspecified atom stereocenters. The Labute approximate surface area is 107 Å². The molecule has 0 amide bonds. The molecule has 2 atom stereocenters. The van der Waals surface area contributed by atoms with Gasteiger partial charge in [0.15, 0.2) is 5.78 Å². The number of Topliss-reactive ketones (excluding diaryl/α,β-unsaturated/α-hetero) is 1. The fourth-order valence-corrected chi connectivity index (χ4v) is 2.21. The van der Waals surface area contributed by atoms with Crippen molar-refractivity contribution in [3.05, 3.63) is 30.1 Å². The lowest BCUT2D eigenvalue weighted by molar-refractivity contribution is -0.120. The van der Waals surface area contributed by atoms with Crippen LogP contribution in [0.25, 0.3) is 0 Å². The third-order valence-corrected chi connectivity index (χ3v) is 3.23. The minimum atomic E-state index is -0.672. The van der Waals surface area contributed by atoms with Gasteiger partial charge in [0.25, 0.3) is 0 Å². The SMILES string of the molecule is N#CC(C(=O)CCC1CCCO1)c1ccncc1. The van der Waals surface area contributed by atoms with Gasteiger partial charge in [0, 0.05) is 25.4 Å². The molecule has 0 spiro atoms. The number of ether oxygens (including phenoxy) is 1. The largest absolute Gasteiger partial charge is 0.378 e. The number of hydrogen-bond acceptors (Lipinski definition) is 4. The average Bonchev–Trinajstić information content (AvgIpc) is 2.92. The first-order chi connectivity index (χ1) is 8.81. The van der Waals surface area contributed by atoms with Crippen LogP contribution in [0.4, 0.5) is 0 Å². The number of pyridine rings is 1. The Bertz CT molecular complexity index is 433. The zero-order valence-electron chi connectivity index (χ0n) is 10.2. The third-order valence-electron chi connectivity index (χ3n) is 3.23. The van der Waals surface area contributed by atoms with Crippen molar-refractivity contribution in [2.75, 3.05) is 6.61 Å². The minimum absolute atomic E-state index is 0.0285. The van der Waals surface area contributed by atoms with Crippen molar-refractivity contribution >= 4 is 5.78 Å². The summed E-state index contributed by atoms with van der Waals surface area (Å²) in [5.41, 5.74) is 0.727. The highest BCUT2D eigenvalue weighted by Gasteiger charge is 2.22. The van der Waals surface area contributed by atoms with Crippen molar-refractivity contribution in [1.29, 1.82) is 5.26 Å².